The molecule has 258 valence electrons. The van der Waals surface area contributed by atoms with E-state index in [2.05, 4.69) is 21.3 Å². The van der Waals surface area contributed by atoms with Crippen LogP contribution in [0.4, 0.5) is 11.4 Å². The van der Waals surface area contributed by atoms with Gasteiger partial charge in [0.2, 0.25) is 29.5 Å². The van der Waals surface area contributed by atoms with E-state index in [0.717, 1.165) is 5.56 Å². The minimum absolute atomic E-state index is 0.0204. The Morgan fingerprint density at radius 2 is 1.56 bits per heavy atom. The SMILES string of the molecule is CC(C)C[C@H](NC(=O)[C@H](C)NC(=O)CCC(=O)O)C(=O)N1CCC[C@@H]1C(=O)N[C@@H](Cc1ccccc1)C(=O)Nc1ccc([N+](=O)[O-])cc1. The first-order chi connectivity index (χ1) is 22.7. The van der Waals surface area contributed by atoms with Gasteiger partial charge >= 0.3 is 5.97 Å². The van der Waals surface area contributed by atoms with Gasteiger partial charge in [-0.3, -0.25) is 38.9 Å². The van der Waals surface area contributed by atoms with Crippen molar-refractivity contribution in [1.29, 1.82) is 0 Å². The van der Waals surface area contributed by atoms with Gasteiger partial charge in [-0.1, -0.05) is 44.2 Å². The van der Waals surface area contributed by atoms with E-state index in [1.54, 1.807) is 24.3 Å². The Labute approximate surface area is 278 Å². The van der Waals surface area contributed by atoms with Gasteiger partial charge in [0.1, 0.15) is 24.2 Å². The third kappa shape index (κ3) is 11.2. The van der Waals surface area contributed by atoms with Crippen LogP contribution >= 0.6 is 0 Å². The molecule has 15 heteroatoms. The largest absolute Gasteiger partial charge is 0.481 e. The van der Waals surface area contributed by atoms with Crippen molar-refractivity contribution in [2.24, 2.45) is 5.92 Å². The molecule has 1 saturated heterocycles. The summed E-state index contributed by atoms with van der Waals surface area (Å²) in [7, 11) is 0. The molecule has 15 nitrogen and oxygen atoms in total. The number of amides is 5. The van der Waals surface area contributed by atoms with E-state index in [0.29, 0.717) is 18.5 Å². The predicted octanol–water partition coefficient (Wildman–Crippen LogP) is 2.15. The fourth-order valence-electron chi connectivity index (χ4n) is 5.32. The first-order valence-electron chi connectivity index (χ1n) is 15.8. The van der Waals surface area contributed by atoms with Crippen molar-refractivity contribution in [1.82, 2.24) is 20.9 Å². The quantitative estimate of drug-likeness (QED) is 0.131. The molecule has 0 radical (unpaired) electrons. The number of carboxylic acid groups (broad SMARTS) is 1. The highest BCUT2D eigenvalue weighted by atomic mass is 16.6. The molecule has 0 spiro atoms. The van der Waals surface area contributed by atoms with Crippen LogP contribution in [0.25, 0.3) is 0 Å². The second-order valence-corrected chi connectivity index (χ2v) is 12.1. The Bertz CT molecular complexity index is 1480. The standard InChI is InChI=1S/C33H42N6O9/c1-20(2)18-26(37-30(43)21(3)34-28(40)15-16-29(41)42)33(46)38-17-7-10-27(38)32(45)36-25(19-22-8-5-4-6-9-22)31(44)35-23-11-13-24(14-12-23)39(47)48/h4-6,8-9,11-14,20-21,25-27H,7,10,15-19H2,1-3H3,(H,34,40)(H,35,44)(H,36,45)(H,37,43)(H,41,42)/t21-,25-,26-,27+/m0/s1. The monoisotopic (exact) mass is 666 g/mol. The van der Waals surface area contributed by atoms with Crippen LogP contribution in [0.1, 0.15) is 58.4 Å². The maximum atomic E-state index is 13.8. The summed E-state index contributed by atoms with van der Waals surface area (Å²) < 4.78 is 0. The number of aliphatic carboxylic acids is 1. The number of carbonyl (C=O) groups is 6. The number of likely N-dealkylation sites (tertiary alicyclic amines) is 1. The third-order valence-electron chi connectivity index (χ3n) is 7.76. The third-order valence-corrected chi connectivity index (χ3v) is 7.76. The molecule has 1 fully saturated rings. The van der Waals surface area contributed by atoms with Gasteiger partial charge in [0.15, 0.2) is 0 Å². The highest BCUT2D eigenvalue weighted by Gasteiger charge is 2.39. The lowest BCUT2D eigenvalue weighted by Crippen LogP contribution is -2.57. The summed E-state index contributed by atoms with van der Waals surface area (Å²) in [5.74, 6) is -4.00. The van der Waals surface area contributed by atoms with E-state index >= 15 is 0 Å². The van der Waals surface area contributed by atoms with Gasteiger partial charge in [0.05, 0.1) is 11.3 Å². The first-order valence-corrected chi connectivity index (χ1v) is 15.8. The smallest absolute Gasteiger partial charge is 0.303 e. The maximum absolute atomic E-state index is 13.8. The van der Waals surface area contributed by atoms with Crippen LogP contribution in [0, 0.1) is 16.0 Å². The van der Waals surface area contributed by atoms with E-state index < -0.39 is 71.0 Å². The molecule has 5 N–H and O–H groups in total. The number of carbonyl (C=O) groups excluding carboxylic acids is 5. The molecule has 4 atom stereocenters. The number of non-ortho nitro benzene ring substituents is 1. The fourth-order valence-corrected chi connectivity index (χ4v) is 5.32. The molecule has 1 aliphatic heterocycles. The van der Waals surface area contributed by atoms with Crippen molar-refractivity contribution >= 4 is 46.9 Å². The number of nitro groups is 1. The fraction of sp³-hybridized carbons (Fsp3) is 0.455. The number of nitro benzene ring substituents is 1. The van der Waals surface area contributed by atoms with Gasteiger partial charge in [-0.15, -0.1) is 0 Å². The van der Waals surface area contributed by atoms with Crippen molar-refractivity contribution in [3.05, 3.63) is 70.3 Å². The summed E-state index contributed by atoms with van der Waals surface area (Å²) in [5, 5.41) is 30.4. The van der Waals surface area contributed by atoms with E-state index in [4.69, 9.17) is 5.11 Å². The van der Waals surface area contributed by atoms with Gasteiger partial charge in [-0.05, 0) is 49.8 Å². The second-order valence-electron chi connectivity index (χ2n) is 12.1. The molecular weight excluding hydrogens is 624 g/mol. The lowest BCUT2D eigenvalue weighted by atomic mass is 10.0. The minimum Gasteiger partial charge on any atom is -0.481 e. The number of hydrogen-bond acceptors (Lipinski definition) is 8. The molecule has 0 bridgehead atoms. The number of carboxylic acids is 1. The van der Waals surface area contributed by atoms with Gasteiger partial charge < -0.3 is 31.3 Å². The Hall–Kier alpha value is -5.34. The molecule has 3 rings (SSSR count). The van der Waals surface area contributed by atoms with Gasteiger partial charge in [-0.25, -0.2) is 0 Å². The zero-order chi connectivity index (χ0) is 35.4. The predicted molar refractivity (Wildman–Crippen MR) is 174 cm³/mol. The molecule has 2 aromatic carbocycles. The molecule has 0 unspecified atom stereocenters. The van der Waals surface area contributed by atoms with Crippen molar-refractivity contribution in [2.45, 2.75) is 83.5 Å². The molecular formula is C33H42N6O9. The van der Waals surface area contributed by atoms with E-state index in [1.807, 2.05) is 19.9 Å². The van der Waals surface area contributed by atoms with Gasteiger partial charge in [0.25, 0.3) is 5.69 Å². The van der Waals surface area contributed by atoms with E-state index in [-0.39, 0.29) is 37.4 Å². The summed E-state index contributed by atoms with van der Waals surface area (Å²) in [4.78, 5) is 88.6. The Balaban J connectivity index is 1.74. The van der Waals surface area contributed by atoms with Crippen molar-refractivity contribution in [3.8, 4) is 0 Å². The van der Waals surface area contributed by atoms with Crippen LogP contribution in [0.5, 0.6) is 0 Å². The number of nitrogens with zero attached hydrogens (tertiary/aromatic N) is 2. The summed E-state index contributed by atoms with van der Waals surface area (Å²) in [6, 6.07) is 10.3. The molecule has 0 saturated carbocycles. The second kappa shape index (κ2) is 17.5. The zero-order valence-corrected chi connectivity index (χ0v) is 27.1. The number of benzene rings is 2. The van der Waals surface area contributed by atoms with Crippen LogP contribution in [0.2, 0.25) is 0 Å². The van der Waals surface area contributed by atoms with Gasteiger partial charge in [0, 0.05) is 37.2 Å². The Kier molecular flexibility index (Phi) is 13.6. The van der Waals surface area contributed by atoms with Crippen LogP contribution in [0.15, 0.2) is 54.6 Å². The number of rotatable bonds is 16. The molecule has 48 heavy (non-hydrogen) atoms. The number of anilines is 1. The summed E-state index contributed by atoms with van der Waals surface area (Å²) in [6.07, 6.45) is 0.539. The lowest BCUT2D eigenvalue weighted by molar-refractivity contribution is -0.384. The van der Waals surface area contributed by atoms with Crippen molar-refractivity contribution in [2.75, 3.05) is 11.9 Å². The average Bonchev–Trinajstić information content (AvgIpc) is 3.53. The van der Waals surface area contributed by atoms with Crippen molar-refractivity contribution in [3.63, 3.8) is 0 Å². The average molecular weight is 667 g/mol. The highest BCUT2D eigenvalue weighted by Crippen LogP contribution is 2.22. The van der Waals surface area contributed by atoms with Gasteiger partial charge in [-0.2, -0.15) is 0 Å². The zero-order valence-electron chi connectivity index (χ0n) is 27.1. The lowest BCUT2D eigenvalue weighted by Gasteiger charge is -2.31. The normalized spacial score (nSPS) is 15.9. The molecule has 0 aliphatic carbocycles. The summed E-state index contributed by atoms with van der Waals surface area (Å²) in [6.45, 7) is 5.41. The maximum Gasteiger partial charge on any atom is 0.303 e. The van der Waals surface area contributed by atoms with Crippen LogP contribution in [-0.4, -0.2) is 81.1 Å². The number of nitrogens with one attached hydrogen (secondary N) is 4. The summed E-state index contributed by atoms with van der Waals surface area (Å²) >= 11 is 0. The van der Waals surface area contributed by atoms with Crippen LogP contribution in [0.3, 0.4) is 0 Å². The van der Waals surface area contributed by atoms with Crippen LogP contribution in [-0.2, 0) is 35.2 Å². The van der Waals surface area contributed by atoms with Crippen molar-refractivity contribution < 1.29 is 38.8 Å². The minimum atomic E-state index is -1.15. The Morgan fingerprint density at radius 1 is 0.896 bits per heavy atom. The molecule has 5 amide bonds. The summed E-state index contributed by atoms with van der Waals surface area (Å²) in [5.41, 5.74) is 0.926. The topological polar surface area (TPSA) is 217 Å². The van der Waals surface area contributed by atoms with Crippen LogP contribution < -0.4 is 21.3 Å². The van der Waals surface area contributed by atoms with E-state index in [9.17, 15) is 38.9 Å². The first kappa shape index (κ1) is 37.1. The molecule has 0 aromatic heterocycles. The molecule has 1 heterocycles. The van der Waals surface area contributed by atoms with E-state index in [1.165, 1.54) is 36.1 Å². The number of hydrogen-bond donors (Lipinski definition) is 5. The molecule has 1 aliphatic rings. The molecule has 2 aromatic rings. The highest BCUT2D eigenvalue weighted by molar-refractivity contribution is 5.99. The Morgan fingerprint density at radius 3 is 2.17 bits per heavy atom.